The van der Waals surface area contributed by atoms with Gasteiger partial charge >= 0.3 is 0 Å². The van der Waals surface area contributed by atoms with Crippen LogP contribution in [0.4, 0.5) is 4.39 Å². The highest BCUT2D eigenvalue weighted by molar-refractivity contribution is 6.30. The highest BCUT2D eigenvalue weighted by atomic mass is 35.5. The lowest BCUT2D eigenvalue weighted by Gasteiger charge is -2.45. The van der Waals surface area contributed by atoms with Crippen molar-refractivity contribution >= 4 is 11.6 Å². The molecule has 1 unspecified atom stereocenters. The molecule has 1 fully saturated rings. The summed E-state index contributed by atoms with van der Waals surface area (Å²) in [4.78, 5) is 2.32. The number of nitrogens with zero attached hydrogens (tertiary/aromatic N) is 1. The Labute approximate surface area is 130 Å². The smallest absolute Gasteiger partial charge is 0.145 e. The van der Waals surface area contributed by atoms with Crippen LogP contribution in [0.2, 0.25) is 5.02 Å². The minimum absolute atomic E-state index is 0.0939. The van der Waals surface area contributed by atoms with Crippen molar-refractivity contribution in [3.63, 3.8) is 0 Å². The van der Waals surface area contributed by atoms with Crippen molar-refractivity contribution in [3.8, 4) is 0 Å². The van der Waals surface area contributed by atoms with E-state index in [0.29, 0.717) is 25.2 Å². The number of hydrazine groups is 1. The van der Waals surface area contributed by atoms with Crippen molar-refractivity contribution in [3.05, 3.63) is 34.6 Å². The zero-order chi connectivity index (χ0) is 15.5. The highest BCUT2D eigenvalue weighted by Gasteiger charge is 2.36. The summed E-state index contributed by atoms with van der Waals surface area (Å²) in [5.74, 6) is 5.37. The molecule has 1 saturated heterocycles. The number of hydrogen-bond acceptors (Lipinski definition) is 4. The third-order valence-electron chi connectivity index (χ3n) is 4.34. The molecule has 0 aliphatic carbocycles. The maximum Gasteiger partial charge on any atom is 0.145 e. The molecule has 118 valence electrons. The quantitative estimate of drug-likeness (QED) is 0.644. The number of ether oxygens (including phenoxy) is 1. The van der Waals surface area contributed by atoms with E-state index in [4.69, 9.17) is 22.2 Å². The lowest BCUT2D eigenvalue weighted by molar-refractivity contribution is -0.0233. The van der Waals surface area contributed by atoms with Gasteiger partial charge in [-0.15, -0.1) is 0 Å². The van der Waals surface area contributed by atoms with Gasteiger partial charge in [-0.1, -0.05) is 23.7 Å². The summed E-state index contributed by atoms with van der Waals surface area (Å²) < 4.78 is 19.5. The lowest BCUT2D eigenvalue weighted by Crippen LogP contribution is -2.62. The summed E-state index contributed by atoms with van der Waals surface area (Å²) in [5, 5.41) is 0.146. The van der Waals surface area contributed by atoms with Crippen LogP contribution in [-0.2, 0) is 11.2 Å². The summed E-state index contributed by atoms with van der Waals surface area (Å²) in [6.07, 6.45) is 0.479. The average Bonchev–Trinajstić information content (AvgIpc) is 2.49. The standard InChI is InChI=1S/C15H23ClFN3O/c1-15(2,20-6-8-21-9-7-20)13(19-18)10-11-4-3-5-12(16)14(11)17/h3-5,13,19H,6-10,18H2,1-2H3. The summed E-state index contributed by atoms with van der Waals surface area (Å²) >= 11 is 5.85. The van der Waals surface area contributed by atoms with E-state index in [0.717, 1.165) is 13.1 Å². The molecule has 1 atom stereocenters. The number of rotatable bonds is 5. The van der Waals surface area contributed by atoms with Crippen molar-refractivity contribution in [1.29, 1.82) is 0 Å². The van der Waals surface area contributed by atoms with Crippen LogP contribution in [0.3, 0.4) is 0 Å². The molecule has 1 aromatic rings. The fourth-order valence-corrected chi connectivity index (χ4v) is 2.99. The first-order valence-electron chi connectivity index (χ1n) is 7.18. The van der Waals surface area contributed by atoms with Crippen LogP contribution in [0, 0.1) is 5.82 Å². The molecule has 21 heavy (non-hydrogen) atoms. The summed E-state index contributed by atoms with van der Waals surface area (Å²) in [6.45, 7) is 7.36. The second kappa shape index (κ2) is 7.03. The maximum atomic E-state index is 14.1. The Balaban J connectivity index is 2.16. The van der Waals surface area contributed by atoms with E-state index in [1.807, 2.05) is 0 Å². The first kappa shape index (κ1) is 16.6. The zero-order valence-electron chi connectivity index (χ0n) is 12.5. The van der Waals surface area contributed by atoms with Crippen LogP contribution < -0.4 is 11.3 Å². The minimum Gasteiger partial charge on any atom is -0.379 e. The Hall–Kier alpha value is -0.720. The van der Waals surface area contributed by atoms with Crippen LogP contribution in [-0.4, -0.2) is 42.8 Å². The monoisotopic (exact) mass is 315 g/mol. The van der Waals surface area contributed by atoms with Crippen LogP contribution >= 0.6 is 11.6 Å². The van der Waals surface area contributed by atoms with Crippen molar-refractivity contribution in [2.24, 2.45) is 5.84 Å². The van der Waals surface area contributed by atoms with Crippen molar-refractivity contribution in [1.82, 2.24) is 10.3 Å². The molecule has 1 aliphatic rings. The largest absolute Gasteiger partial charge is 0.379 e. The molecule has 4 nitrogen and oxygen atoms in total. The van der Waals surface area contributed by atoms with E-state index >= 15 is 0 Å². The van der Waals surface area contributed by atoms with Gasteiger partial charge in [-0.25, -0.2) is 4.39 Å². The molecule has 6 heteroatoms. The molecule has 0 aromatic heterocycles. The Kier molecular flexibility index (Phi) is 5.57. The molecular weight excluding hydrogens is 293 g/mol. The van der Waals surface area contributed by atoms with Crippen LogP contribution in [0.15, 0.2) is 18.2 Å². The Morgan fingerprint density at radius 1 is 1.43 bits per heavy atom. The van der Waals surface area contributed by atoms with E-state index in [1.165, 1.54) is 0 Å². The van der Waals surface area contributed by atoms with Gasteiger partial charge in [0.1, 0.15) is 5.82 Å². The average molecular weight is 316 g/mol. The van der Waals surface area contributed by atoms with Crippen molar-refractivity contribution in [2.45, 2.75) is 31.8 Å². The van der Waals surface area contributed by atoms with Gasteiger partial charge in [-0.05, 0) is 31.9 Å². The van der Waals surface area contributed by atoms with E-state index in [-0.39, 0.29) is 22.4 Å². The van der Waals surface area contributed by atoms with Gasteiger partial charge in [0.15, 0.2) is 0 Å². The number of nitrogens with one attached hydrogen (secondary N) is 1. The molecule has 2 rings (SSSR count). The molecule has 0 amide bonds. The first-order valence-corrected chi connectivity index (χ1v) is 7.56. The number of halogens is 2. The lowest BCUT2D eigenvalue weighted by atomic mass is 9.87. The van der Waals surface area contributed by atoms with Gasteiger partial charge in [0.25, 0.3) is 0 Å². The Bertz CT molecular complexity index is 478. The molecule has 3 N–H and O–H groups in total. The van der Waals surface area contributed by atoms with Gasteiger partial charge < -0.3 is 4.74 Å². The second-order valence-corrected chi connectivity index (χ2v) is 6.30. The van der Waals surface area contributed by atoms with Crippen molar-refractivity contribution in [2.75, 3.05) is 26.3 Å². The van der Waals surface area contributed by atoms with Crippen LogP contribution in [0.1, 0.15) is 19.4 Å². The number of hydrogen-bond donors (Lipinski definition) is 2. The van der Waals surface area contributed by atoms with Gasteiger partial charge in [0, 0.05) is 24.7 Å². The molecular formula is C15H23ClFN3O. The van der Waals surface area contributed by atoms with Gasteiger partial charge in [0.05, 0.1) is 18.2 Å². The number of morpholine rings is 1. The normalized spacial score (nSPS) is 18.7. The fraction of sp³-hybridized carbons (Fsp3) is 0.600. The summed E-state index contributed by atoms with van der Waals surface area (Å²) in [5.41, 5.74) is 3.20. The number of nitrogens with two attached hydrogens (primary N) is 1. The molecule has 1 aromatic carbocycles. The number of benzene rings is 1. The Morgan fingerprint density at radius 2 is 2.10 bits per heavy atom. The van der Waals surface area contributed by atoms with Gasteiger partial charge in [0.2, 0.25) is 0 Å². The molecule has 0 bridgehead atoms. The zero-order valence-corrected chi connectivity index (χ0v) is 13.3. The van der Waals surface area contributed by atoms with Gasteiger partial charge in [-0.2, -0.15) is 0 Å². The molecule has 0 spiro atoms. The third kappa shape index (κ3) is 3.73. The second-order valence-electron chi connectivity index (χ2n) is 5.89. The summed E-state index contributed by atoms with van der Waals surface area (Å²) in [6, 6.07) is 4.97. The van der Waals surface area contributed by atoms with E-state index in [1.54, 1.807) is 18.2 Å². The topological polar surface area (TPSA) is 50.5 Å². The first-order chi connectivity index (χ1) is 9.96. The molecule has 1 aliphatic heterocycles. The van der Waals surface area contributed by atoms with Crippen molar-refractivity contribution < 1.29 is 9.13 Å². The summed E-state index contributed by atoms with van der Waals surface area (Å²) in [7, 11) is 0. The fourth-order valence-electron chi connectivity index (χ4n) is 2.80. The Morgan fingerprint density at radius 3 is 2.71 bits per heavy atom. The maximum absolute atomic E-state index is 14.1. The van der Waals surface area contributed by atoms with E-state index < -0.39 is 0 Å². The highest BCUT2D eigenvalue weighted by Crippen LogP contribution is 2.25. The van der Waals surface area contributed by atoms with Gasteiger partial charge in [-0.3, -0.25) is 16.2 Å². The predicted molar refractivity (Wildman–Crippen MR) is 82.7 cm³/mol. The molecule has 1 heterocycles. The van der Waals surface area contributed by atoms with E-state index in [9.17, 15) is 4.39 Å². The third-order valence-corrected chi connectivity index (χ3v) is 4.63. The molecule has 0 radical (unpaired) electrons. The molecule has 0 saturated carbocycles. The predicted octanol–water partition coefficient (Wildman–Crippen LogP) is 1.96. The minimum atomic E-state index is -0.364. The van der Waals surface area contributed by atoms with Crippen LogP contribution in [0.5, 0.6) is 0 Å². The van der Waals surface area contributed by atoms with Crippen LogP contribution in [0.25, 0.3) is 0 Å². The van der Waals surface area contributed by atoms with E-state index in [2.05, 4.69) is 24.2 Å². The SMILES string of the molecule is CC(C)(C(Cc1cccc(Cl)c1F)NN)N1CCOCC1.